The lowest BCUT2D eigenvalue weighted by atomic mass is 10.2. The smallest absolute Gasteiger partial charge is 0.312 e. The number of hydrogen-bond acceptors (Lipinski definition) is 7. The number of imidazole rings is 1. The maximum Gasteiger partial charge on any atom is 0.312 e. The highest BCUT2D eigenvalue weighted by Crippen LogP contribution is 2.35. The molecular formula is C15H14FN5O3. The van der Waals surface area contributed by atoms with E-state index in [2.05, 4.69) is 20.3 Å². The minimum Gasteiger partial charge on any atom is -0.504 e. The maximum absolute atomic E-state index is 13.9. The van der Waals surface area contributed by atoms with Crippen molar-refractivity contribution in [2.45, 2.75) is 19.1 Å². The van der Waals surface area contributed by atoms with Crippen LogP contribution in [0.25, 0.3) is 11.2 Å². The highest BCUT2D eigenvalue weighted by atomic mass is 19.1. The lowest BCUT2D eigenvalue weighted by Gasteiger charge is -2.12. The lowest BCUT2D eigenvalue weighted by Crippen LogP contribution is -2.08. The molecule has 3 aromatic rings. The van der Waals surface area contributed by atoms with E-state index in [1.54, 1.807) is 4.57 Å². The highest BCUT2D eigenvalue weighted by Gasteiger charge is 2.22. The van der Waals surface area contributed by atoms with Crippen LogP contribution < -0.4 is 5.32 Å². The number of aromatic nitrogens is 4. The van der Waals surface area contributed by atoms with Crippen LogP contribution in [0.5, 0.6) is 11.5 Å². The number of rotatable bonds is 3. The Balaban J connectivity index is 1.79. The molecule has 1 aliphatic heterocycles. The summed E-state index contributed by atoms with van der Waals surface area (Å²) in [7, 11) is 0. The second-order valence-electron chi connectivity index (χ2n) is 5.43. The van der Waals surface area contributed by atoms with Crippen LogP contribution in [0.2, 0.25) is 0 Å². The number of anilines is 2. The fourth-order valence-electron chi connectivity index (χ4n) is 2.73. The third-order valence-corrected chi connectivity index (χ3v) is 3.88. The van der Waals surface area contributed by atoms with Crippen molar-refractivity contribution in [2.24, 2.45) is 0 Å². The van der Waals surface area contributed by atoms with Gasteiger partial charge in [-0.1, -0.05) is 6.07 Å². The number of ether oxygens (including phenoxy) is 1. The van der Waals surface area contributed by atoms with Crippen molar-refractivity contribution < 1.29 is 19.3 Å². The van der Waals surface area contributed by atoms with Crippen LogP contribution in [0, 0.1) is 6.08 Å². The average molecular weight is 331 g/mol. The molecule has 124 valence electrons. The van der Waals surface area contributed by atoms with Crippen molar-refractivity contribution in [3.8, 4) is 11.5 Å². The Kier molecular flexibility index (Phi) is 3.42. The van der Waals surface area contributed by atoms with Gasteiger partial charge in [-0.15, -0.1) is 0 Å². The first-order valence-electron chi connectivity index (χ1n) is 7.43. The number of aromatic hydroxyl groups is 2. The van der Waals surface area contributed by atoms with E-state index in [1.807, 2.05) is 0 Å². The van der Waals surface area contributed by atoms with Crippen LogP contribution in [-0.4, -0.2) is 36.3 Å². The average Bonchev–Trinajstić information content (AvgIpc) is 3.20. The van der Waals surface area contributed by atoms with Crippen LogP contribution in [-0.2, 0) is 4.74 Å². The molecular weight excluding hydrogens is 317 g/mol. The second kappa shape index (κ2) is 5.60. The standard InChI is InChI=1S/C15H14FN5O3/c16-15-19-13(18-8-3-1-4-9(22)12(8)23)11-14(20-15)21(7-17-11)10-5-2-6-24-10/h1,3-4,7,10,22-23H,2,5-6H2,(H,18,19,20). The van der Waals surface area contributed by atoms with Gasteiger partial charge >= 0.3 is 6.08 Å². The molecule has 24 heavy (non-hydrogen) atoms. The summed E-state index contributed by atoms with van der Waals surface area (Å²) in [6, 6.07) is 4.40. The van der Waals surface area contributed by atoms with Crippen molar-refractivity contribution in [1.82, 2.24) is 19.5 Å². The number of fused-ring (bicyclic) bond motifs is 1. The molecule has 0 bridgehead atoms. The van der Waals surface area contributed by atoms with E-state index < -0.39 is 6.08 Å². The zero-order valence-corrected chi connectivity index (χ0v) is 12.5. The number of nitrogens with zero attached hydrogens (tertiary/aromatic N) is 4. The van der Waals surface area contributed by atoms with Crippen LogP contribution in [0.1, 0.15) is 19.1 Å². The van der Waals surface area contributed by atoms with Gasteiger partial charge in [-0.05, 0) is 25.0 Å². The molecule has 1 unspecified atom stereocenters. The lowest BCUT2D eigenvalue weighted by molar-refractivity contribution is 0.0592. The summed E-state index contributed by atoms with van der Waals surface area (Å²) < 4.78 is 21.1. The highest BCUT2D eigenvalue weighted by molar-refractivity contribution is 5.86. The van der Waals surface area contributed by atoms with Gasteiger partial charge < -0.3 is 20.3 Å². The number of phenols is 2. The minimum atomic E-state index is -0.926. The first kappa shape index (κ1) is 14.6. The normalized spacial score (nSPS) is 17.5. The Morgan fingerprint density at radius 2 is 2.17 bits per heavy atom. The monoisotopic (exact) mass is 331 g/mol. The number of benzene rings is 1. The summed E-state index contributed by atoms with van der Waals surface area (Å²) in [5.74, 6) is -0.561. The number of nitrogens with one attached hydrogen (secondary N) is 1. The number of hydrogen-bond donors (Lipinski definition) is 3. The zero-order valence-electron chi connectivity index (χ0n) is 12.5. The van der Waals surface area contributed by atoms with Crippen molar-refractivity contribution >= 4 is 22.7 Å². The molecule has 1 aromatic carbocycles. The van der Waals surface area contributed by atoms with Crippen LogP contribution in [0.15, 0.2) is 24.5 Å². The van der Waals surface area contributed by atoms with E-state index in [9.17, 15) is 14.6 Å². The summed E-state index contributed by atoms with van der Waals surface area (Å²) in [6.45, 7) is 0.639. The quantitative estimate of drug-likeness (QED) is 0.500. The van der Waals surface area contributed by atoms with Gasteiger partial charge in [0.1, 0.15) is 6.23 Å². The molecule has 0 radical (unpaired) electrons. The van der Waals surface area contributed by atoms with Gasteiger partial charge in [0.2, 0.25) is 0 Å². The molecule has 0 amide bonds. The third-order valence-electron chi connectivity index (χ3n) is 3.88. The van der Waals surface area contributed by atoms with Gasteiger partial charge in [0.25, 0.3) is 0 Å². The van der Waals surface area contributed by atoms with E-state index in [0.717, 1.165) is 12.8 Å². The Hall–Kier alpha value is -2.94. The predicted molar refractivity (Wildman–Crippen MR) is 82.6 cm³/mol. The fraction of sp³-hybridized carbons (Fsp3) is 0.267. The topological polar surface area (TPSA) is 105 Å². The molecule has 3 heterocycles. The van der Waals surface area contributed by atoms with E-state index >= 15 is 0 Å². The molecule has 0 spiro atoms. The van der Waals surface area contributed by atoms with Crippen molar-refractivity contribution in [3.63, 3.8) is 0 Å². The van der Waals surface area contributed by atoms with Crippen LogP contribution in [0.4, 0.5) is 15.9 Å². The van der Waals surface area contributed by atoms with Crippen LogP contribution >= 0.6 is 0 Å². The summed E-state index contributed by atoms with van der Waals surface area (Å²) in [4.78, 5) is 11.8. The largest absolute Gasteiger partial charge is 0.504 e. The summed E-state index contributed by atoms with van der Waals surface area (Å²) in [5, 5.41) is 22.2. The van der Waals surface area contributed by atoms with Gasteiger partial charge in [-0.3, -0.25) is 4.57 Å². The first-order chi connectivity index (χ1) is 11.6. The predicted octanol–water partition coefficient (Wildman–Crippen LogP) is 2.43. The van der Waals surface area contributed by atoms with Crippen molar-refractivity contribution in [1.29, 1.82) is 0 Å². The van der Waals surface area contributed by atoms with Gasteiger partial charge in [-0.2, -0.15) is 14.4 Å². The molecule has 1 saturated heterocycles. The van der Waals surface area contributed by atoms with E-state index in [1.165, 1.54) is 24.5 Å². The molecule has 9 heteroatoms. The second-order valence-corrected chi connectivity index (χ2v) is 5.43. The minimum absolute atomic E-state index is 0.0927. The summed E-state index contributed by atoms with van der Waals surface area (Å²) in [5.41, 5.74) is 0.826. The molecule has 1 atom stereocenters. The van der Waals surface area contributed by atoms with Crippen LogP contribution in [0.3, 0.4) is 0 Å². The van der Waals surface area contributed by atoms with Crippen molar-refractivity contribution in [2.75, 3.05) is 11.9 Å². The van der Waals surface area contributed by atoms with Crippen molar-refractivity contribution in [3.05, 3.63) is 30.6 Å². The summed E-state index contributed by atoms with van der Waals surface area (Å²) >= 11 is 0. The number of halogens is 1. The van der Waals surface area contributed by atoms with E-state index in [0.29, 0.717) is 17.8 Å². The van der Waals surface area contributed by atoms with Gasteiger partial charge in [0.05, 0.1) is 12.0 Å². The zero-order chi connectivity index (χ0) is 16.7. The van der Waals surface area contributed by atoms with Gasteiger partial charge in [-0.25, -0.2) is 4.98 Å². The molecule has 0 aliphatic carbocycles. The Morgan fingerprint density at radius 1 is 1.29 bits per heavy atom. The van der Waals surface area contributed by atoms with Gasteiger partial charge in [0, 0.05) is 6.61 Å². The molecule has 1 aliphatic rings. The van der Waals surface area contributed by atoms with E-state index in [4.69, 9.17) is 4.74 Å². The SMILES string of the molecule is Oc1cccc(Nc2nc(F)nc3c2ncn3C2CCCO2)c1O. The molecule has 3 N–H and O–H groups in total. The first-order valence-corrected chi connectivity index (χ1v) is 7.43. The Bertz CT molecular complexity index is 908. The molecule has 2 aromatic heterocycles. The molecule has 8 nitrogen and oxygen atoms in total. The molecule has 0 saturated carbocycles. The molecule has 1 fully saturated rings. The Labute approximate surface area is 135 Å². The van der Waals surface area contributed by atoms with E-state index in [-0.39, 0.29) is 29.2 Å². The van der Waals surface area contributed by atoms with Gasteiger partial charge in [0.15, 0.2) is 28.5 Å². The third kappa shape index (κ3) is 2.38. The fourth-order valence-corrected chi connectivity index (χ4v) is 2.73. The summed E-state index contributed by atoms with van der Waals surface area (Å²) in [6.07, 6.45) is 2.09. The maximum atomic E-state index is 13.9. The number of para-hydroxylation sites is 1. The Morgan fingerprint density at radius 3 is 2.96 bits per heavy atom. The number of phenolic OH excluding ortho intramolecular Hbond substituents is 2. The molecule has 4 rings (SSSR count).